The first-order valence-corrected chi connectivity index (χ1v) is 8.91. The van der Waals surface area contributed by atoms with Crippen LogP contribution in [-0.4, -0.2) is 25.1 Å². The molecule has 0 atom stereocenters. The highest BCUT2D eigenvalue weighted by Crippen LogP contribution is 2.30. The molecule has 26 heavy (non-hydrogen) atoms. The fourth-order valence-electron chi connectivity index (χ4n) is 2.68. The van der Waals surface area contributed by atoms with Gasteiger partial charge >= 0.3 is 0 Å². The quantitative estimate of drug-likeness (QED) is 0.709. The van der Waals surface area contributed by atoms with Crippen molar-refractivity contribution in [2.24, 2.45) is 0 Å². The second-order valence-corrected chi connectivity index (χ2v) is 7.14. The first-order valence-electron chi connectivity index (χ1n) is 8.09. The topological polar surface area (TPSA) is 60.5 Å². The maximum absolute atomic E-state index is 12.6. The maximum atomic E-state index is 12.6. The minimum atomic E-state index is -0.214. The van der Waals surface area contributed by atoms with E-state index in [-0.39, 0.29) is 5.91 Å². The molecular formula is C20H20N2O3S. The van der Waals surface area contributed by atoms with Crippen molar-refractivity contribution in [3.05, 3.63) is 57.9 Å². The predicted molar refractivity (Wildman–Crippen MR) is 105 cm³/mol. The Labute approximate surface area is 156 Å². The minimum absolute atomic E-state index is 0.214. The number of carbonyl (C=O) groups excluding carboxylic acids is 1. The van der Waals surface area contributed by atoms with E-state index in [9.17, 15) is 4.79 Å². The van der Waals surface area contributed by atoms with Crippen molar-refractivity contribution < 1.29 is 14.3 Å². The van der Waals surface area contributed by atoms with Crippen LogP contribution in [0.25, 0.3) is 11.3 Å². The molecule has 0 radical (unpaired) electrons. The summed E-state index contributed by atoms with van der Waals surface area (Å²) in [6.07, 6.45) is 0. The summed E-state index contributed by atoms with van der Waals surface area (Å²) in [5.74, 6) is 1.00. The molecule has 0 saturated heterocycles. The molecule has 1 heterocycles. The Hall–Kier alpha value is -2.86. The largest absolute Gasteiger partial charge is 0.497 e. The highest BCUT2D eigenvalue weighted by Gasteiger charge is 2.13. The molecule has 5 nitrogen and oxygen atoms in total. The number of amides is 1. The Morgan fingerprint density at radius 2 is 1.77 bits per heavy atom. The highest BCUT2D eigenvalue weighted by atomic mass is 32.1. The number of aromatic nitrogens is 1. The molecule has 1 N–H and O–H groups in total. The molecule has 6 heteroatoms. The molecule has 2 aromatic carbocycles. The molecule has 1 aromatic heterocycles. The van der Waals surface area contributed by atoms with E-state index in [1.807, 2.05) is 19.1 Å². The summed E-state index contributed by atoms with van der Waals surface area (Å²) in [5.41, 5.74) is 3.09. The van der Waals surface area contributed by atoms with E-state index in [0.29, 0.717) is 22.7 Å². The summed E-state index contributed by atoms with van der Waals surface area (Å²) in [7, 11) is 3.14. The van der Waals surface area contributed by atoms with Gasteiger partial charge < -0.3 is 14.8 Å². The summed E-state index contributed by atoms with van der Waals surface area (Å²) in [6, 6.07) is 12.7. The van der Waals surface area contributed by atoms with Crippen LogP contribution in [0.2, 0.25) is 0 Å². The lowest BCUT2D eigenvalue weighted by atomic mass is 10.1. The van der Waals surface area contributed by atoms with Crippen molar-refractivity contribution in [2.75, 3.05) is 19.5 Å². The molecular weight excluding hydrogens is 348 g/mol. The molecule has 0 aliphatic rings. The van der Waals surface area contributed by atoms with Crippen molar-refractivity contribution in [3.8, 4) is 22.8 Å². The van der Waals surface area contributed by atoms with Crippen molar-refractivity contribution in [3.63, 3.8) is 0 Å². The number of aryl methyl sites for hydroxylation is 2. The monoisotopic (exact) mass is 368 g/mol. The van der Waals surface area contributed by atoms with Crippen LogP contribution in [0.4, 0.5) is 5.69 Å². The van der Waals surface area contributed by atoms with E-state index in [1.165, 1.54) is 4.88 Å². The van der Waals surface area contributed by atoms with E-state index >= 15 is 0 Å². The number of hydrogen-bond acceptors (Lipinski definition) is 5. The second kappa shape index (κ2) is 7.58. The van der Waals surface area contributed by atoms with Gasteiger partial charge in [-0.05, 0) is 38.1 Å². The lowest BCUT2D eigenvalue weighted by Gasteiger charge is -2.12. The van der Waals surface area contributed by atoms with Gasteiger partial charge in [0, 0.05) is 22.1 Å². The number of anilines is 1. The molecule has 0 bridgehead atoms. The van der Waals surface area contributed by atoms with Crippen molar-refractivity contribution in [1.29, 1.82) is 0 Å². The van der Waals surface area contributed by atoms with Crippen LogP contribution in [0.1, 0.15) is 20.2 Å². The SMILES string of the molecule is COc1ccc(OC)c(NC(=O)c2ccc(-c3nc(C)sc3C)cc2)c1. The first kappa shape index (κ1) is 17.9. The molecule has 0 saturated carbocycles. The van der Waals surface area contributed by atoms with Gasteiger partial charge in [-0.25, -0.2) is 4.98 Å². The third-order valence-electron chi connectivity index (χ3n) is 3.98. The number of nitrogens with zero attached hydrogens (tertiary/aromatic N) is 1. The van der Waals surface area contributed by atoms with Gasteiger partial charge in [0.15, 0.2) is 0 Å². The van der Waals surface area contributed by atoms with Gasteiger partial charge in [-0.3, -0.25) is 4.79 Å². The Kier molecular flexibility index (Phi) is 5.23. The Morgan fingerprint density at radius 3 is 2.35 bits per heavy atom. The number of rotatable bonds is 5. The van der Waals surface area contributed by atoms with E-state index in [0.717, 1.165) is 16.3 Å². The standard InChI is InChI=1S/C20H20N2O3S/c1-12-19(21-13(2)26-12)14-5-7-15(8-6-14)20(23)22-17-11-16(24-3)9-10-18(17)25-4/h5-11H,1-4H3,(H,22,23). The van der Waals surface area contributed by atoms with Gasteiger partial charge in [-0.1, -0.05) is 12.1 Å². The molecule has 1 amide bonds. The van der Waals surface area contributed by atoms with E-state index < -0.39 is 0 Å². The van der Waals surface area contributed by atoms with E-state index in [2.05, 4.69) is 17.2 Å². The lowest BCUT2D eigenvalue weighted by Crippen LogP contribution is -2.12. The number of benzene rings is 2. The zero-order chi connectivity index (χ0) is 18.7. The number of thiazole rings is 1. The summed E-state index contributed by atoms with van der Waals surface area (Å²) >= 11 is 1.67. The third-order valence-corrected chi connectivity index (χ3v) is 4.87. The average Bonchev–Trinajstić information content (AvgIpc) is 2.99. The van der Waals surface area contributed by atoms with Crippen molar-refractivity contribution >= 4 is 22.9 Å². The molecule has 0 aliphatic carbocycles. The number of carbonyl (C=O) groups is 1. The van der Waals surface area contributed by atoms with Gasteiger partial charge in [0.2, 0.25) is 0 Å². The zero-order valence-electron chi connectivity index (χ0n) is 15.1. The van der Waals surface area contributed by atoms with Crippen molar-refractivity contribution in [1.82, 2.24) is 4.98 Å². The summed E-state index contributed by atoms with van der Waals surface area (Å²) in [6.45, 7) is 4.04. The van der Waals surface area contributed by atoms with E-state index in [1.54, 1.807) is 55.9 Å². The average molecular weight is 368 g/mol. The van der Waals surface area contributed by atoms with Gasteiger partial charge in [0.25, 0.3) is 5.91 Å². The Bertz CT molecular complexity index is 933. The Morgan fingerprint density at radius 1 is 1.04 bits per heavy atom. The van der Waals surface area contributed by atoms with Crippen LogP contribution in [0, 0.1) is 13.8 Å². The summed E-state index contributed by atoms with van der Waals surface area (Å²) < 4.78 is 10.5. The number of methoxy groups -OCH3 is 2. The van der Waals surface area contributed by atoms with Gasteiger partial charge in [0.1, 0.15) is 11.5 Å². The smallest absolute Gasteiger partial charge is 0.255 e. The minimum Gasteiger partial charge on any atom is -0.497 e. The normalized spacial score (nSPS) is 10.5. The summed E-state index contributed by atoms with van der Waals surface area (Å²) in [5, 5.41) is 3.90. The first-order chi connectivity index (χ1) is 12.5. The number of nitrogens with one attached hydrogen (secondary N) is 1. The molecule has 3 aromatic rings. The van der Waals surface area contributed by atoms with Gasteiger partial charge in [-0.15, -0.1) is 11.3 Å². The molecule has 134 valence electrons. The van der Waals surface area contributed by atoms with Crippen LogP contribution in [0.5, 0.6) is 11.5 Å². The molecule has 0 unspecified atom stereocenters. The van der Waals surface area contributed by atoms with E-state index in [4.69, 9.17) is 9.47 Å². The Balaban J connectivity index is 1.82. The maximum Gasteiger partial charge on any atom is 0.255 e. The number of hydrogen-bond donors (Lipinski definition) is 1. The highest BCUT2D eigenvalue weighted by molar-refractivity contribution is 7.11. The molecule has 0 aliphatic heterocycles. The molecule has 3 rings (SSSR count). The van der Waals surface area contributed by atoms with Gasteiger partial charge in [-0.2, -0.15) is 0 Å². The third kappa shape index (κ3) is 3.70. The number of ether oxygens (including phenoxy) is 2. The predicted octanol–water partition coefficient (Wildman–Crippen LogP) is 4.70. The molecule has 0 spiro atoms. The fourth-order valence-corrected chi connectivity index (χ4v) is 3.52. The van der Waals surface area contributed by atoms with Crippen LogP contribution in [-0.2, 0) is 0 Å². The molecule has 0 fully saturated rings. The van der Waals surface area contributed by atoms with Crippen LogP contribution < -0.4 is 14.8 Å². The van der Waals surface area contributed by atoms with Crippen LogP contribution in [0.15, 0.2) is 42.5 Å². The van der Waals surface area contributed by atoms with Crippen LogP contribution >= 0.6 is 11.3 Å². The summed E-state index contributed by atoms with van der Waals surface area (Å²) in [4.78, 5) is 18.3. The van der Waals surface area contributed by atoms with Gasteiger partial charge in [0.05, 0.1) is 30.6 Å². The van der Waals surface area contributed by atoms with Crippen LogP contribution in [0.3, 0.4) is 0 Å². The fraction of sp³-hybridized carbons (Fsp3) is 0.200. The lowest BCUT2D eigenvalue weighted by molar-refractivity contribution is 0.102. The van der Waals surface area contributed by atoms with Crippen molar-refractivity contribution in [2.45, 2.75) is 13.8 Å². The zero-order valence-corrected chi connectivity index (χ0v) is 15.9. The second-order valence-electron chi connectivity index (χ2n) is 5.74.